The molecule has 1 aromatic rings. The number of halogens is 1. The first-order valence-electron chi connectivity index (χ1n) is 5.87. The second-order valence-electron chi connectivity index (χ2n) is 3.71. The summed E-state index contributed by atoms with van der Waals surface area (Å²) >= 11 is 0. The summed E-state index contributed by atoms with van der Waals surface area (Å²) in [6, 6.07) is 7.05. The second-order valence-corrected chi connectivity index (χ2v) is 3.71. The van der Waals surface area contributed by atoms with E-state index in [2.05, 4.69) is 5.11 Å². The van der Waals surface area contributed by atoms with Crippen molar-refractivity contribution in [2.45, 2.75) is 18.8 Å². The van der Waals surface area contributed by atoms with Crippen LogP contribution in [0.4, 0.5) is 9.18 Å². The summed E-state index contributed by atoms with van der Waals surface area (Å²) in [6.45, 7) is -1.28. The molecule has 0 bridgehead atoms. The Bertz CT molecular complexity index is 441. The first-order valence-corrected chi connectivity index (χ1v) is 5.46. The van der Waals surface area contributed by atoms with E-state index in [0.29, 0.717) is 5.56 Å². The van der Waals surface area contributed by atoms with Crippen molar-refractivity contribution < 1.29 is 28.9 Å². The van der Waals surface area contributed by atoms with Crippen LogP contribution in [0.25, 0.3) is 0 Å². The number of aliphatic hydroxyl groups is 1. The topological polar surface area (TPSA) is 95.9 Å². The van der Waals surface area contributed by atoms with Gasteiger partial charge in [-0.1, -0.05) is 30.3 Å². The smallest absolute Gasteiger partial charge is 0.408 e. The third kappa shape index (κ3) is 4.92. The molecule has 0 aromatic heterocycles. The number of carboxylic acid groups (broad SMARTS) is 1. The van der Waals surface area contributed by atoms with Crippen LogP contribution in [0.1, 0.15) is 5.56 Å². The molecule has 0 aliphatic rings. The van der Waals surface area contributed by atoms with Gasteiger partial charge < -0.3 is 20.3 Å². The van der Waals surface area contributed by atoms with Gasteiger partial charge in [-0.3, -0.25) is 0 Å². The molecule has 0 saturated carbocycles. The number of amides is 1. The SMILES string of the molecule is [3H]O[C@H](CF)[C@H](NC(=O)OCc1ccccc1)C(=O)O. The maximum absolute atomic E-state index is 12.5. The lowest BCUT2D eigenvalue weighted by molar-refractivity contribution is -0.142. The summed E-state index contributed by atoms with van der Waals surface area (Å²) in [5, 5.41) is 14.7. The van der Waals surface area contributed by atoms with Crippen molar-refractivity contribution in [3.63, 3.8) is 0 Å². The number of aliphatic hydroxyl groups excluding tert-OH is 1. The Hall–Kier alpha value is -2.15. The van der Waals surface area contributed by atoms with Crippen molar-refractivity contribution in [1.82, 2.24) is 5.32 Å². The van der Waals surface area contributed by atoms with Gasteiger partial charge in [-0.15, -0.1) is 0 Å². The molecule has 0 fully saturated rings. The van der Waals surface area contributed by atoms with Gasteiger partial charge in [-0.2, -0.15) is 0 Å². The molecule has 1 amide bonds. The Morgan fingerprint density at radius 1 is 1.42 bits per heavy atom. The Morgan fingerprint density at radius 2 is 2.11 bits per heavy atom. The van der Waals surface area contributed by atoms with E-state index in [1.54, 1.807) is 30.3 Å². The Kier molecular flexibility index (Phi) is 5.12. The van der Waals surface area contributed by atoms with Crippen molar-refractivity contribution >= 4 is 12.1 Å². The van der Waals surface area contributed by atoms with Crippen molar-refractivity contribution in [3.8, 4) is 0 Å². The van der Waals surface area contributed by atoms with Crippen molar-refractivity contribution in [2.24, 2.45) is 0 Å². The Morgan fingerprint density at radius 3 is 2.63 bits per heavy atom. The third-order valence-corrected chi connectivity index (χ3v) is 2.28. The highest BCUT2D eigenvalue weighted by molar-refractivity contribution is 5.80. The summed E-state index contributed by atoms with van der Waals surface area (Å²) in [7, 11) is 0. The minimum atomic E-state index is -1.69. The molecule has 0 spiro atoms. The largest absolute Gasteiger partial charge is 0.480 e. The highest BCUT2D eigenvalue weighted by Crippen LogP contribution is 2.02. The molecule has 19 heavy (non-hydrogen) atoms. The average molecular weight is 273 g/mol. The van der Waals surface area contributed by atoms with E-state index in [1.165, 1.54) is 0 Å². The molecule has 6 nitrogen and oxygen atoms in total. The molecule has 0 heterocycles. The number of hydrogen-bond donors (Lipinski definition) is 3. The Balaban J connectivity index is 2.52. The number of benzene rings is 1. The number of carboxylic acids is 1. The fourth-order valence-electron chi connectivity index (χ4n) is 1.29. The summed E-state index contributed by atoms with van der Waals surface area (Å²) in [5.41, 5.74) is 0.716. The fraction of sp³-hybridized carbons (Fsp3) is 0.333. The van der Waals surface area contributed by atoms with Gasteiger partial charge in [-0.05, 0) is 5.56 Å². The van der Waals surface area contributed by atoms with Gasteiger partial charge >= 0.3 is 12.1 Å². The molecular weight excluding hydrogens is 257 g/mol. The normalized spacial score (nSPS) is 14.1. The number of alkyl halides is 1. The molecule has 104 valence electrons. The quantitative estimate of drug-likeness (QED) is 0.679. The van der Waals surface area contributed by atoms with E-state index in [1.807, 2.05) is 5.32 Å². The number of aliphatic carboxylic acids is 1. The molecule has 1 aromatic carbocycles. The van der Waals surface area contributed by atoms with Gasteiger partial charge in [0, 0.05) is 0 Å². The van der Waals surface area contributed by atoms with E-state index in [4.69, 9.17) is 11.3 Å². The minimum Gasteiger partial charge on any atom is -0.480 e. The zero-order valence-electron chi connectivity index (χ0n) is 10.9. The maximum Gasteiger partial charge on any atom is 0.408 e. The van der Waals surface area contributed by atoms with Gasteiger partial charge in [0.1, 0.15) is 19.4 Å². The molecule has 0 aliphatic heterocycles. The van der Waals surface area contributed by atoms with Gasteiger partial charge in [0.25, 0.3) is 0 Å². The van der Waals surface area contributed by atoms with Gasteiger partial charge in [-0.25, -0.2) is 14.0 Å². The van der Waals surface area contributed by atoms with E-state index in [0.717, 1.165) is 0 Å². The predicted molar refractivity (Wildman–Crippen MR) is 63.2 cm³/mol. The lowest BCUT2D eigenvalue weighted by Crippen LogP contribution is -2.49. The van der Waals surface area contributed by atoms with Crippen molar-refractivity contribution in [2.75, 3.05) is 6.67 Å². The zero-order valence-corrected chi connectivity index (χ0v) is 9.91. The fourth-order valence-corrected chi connectivity index (χ4v) is 1.29. The monoisotopic (exact) mass is 273 g/mol. The van der Waals surface area contributed by atoms with Gasteiger partial charge in [0.2, 0.25) is 1.43 Å². The van der Waals surface area contributed by atoms with Crippen LogP contribution >= 0.6 is 0 Å². The first-order chi connectivity index (χ1) is 9.58. The van der Waals surface area contributed by atoms with Crippen LogP contribution in [-0.2, 0) is 16.1 Å². The maximum atomic E-state index is 12.5. The van der Waals surface area contributed by atoms with E-state index in [9.17, 15) is 14.0 Å². The van der Waals surface area contributed by atoms with Gasteiger partial charge in [0.15, 0.2) is 6.04 Å². The van der Waals surface area contributed by atoms with Crippen LogP contribution in [-0.4, -0.2) is 42.5 Å². The van der Waals surface area contributed by atoms with Crippen molar-refractivity contribution in [3.05, 3.63) is 35.9 Å². The first kappa shape index (κ1) is 13.3. The molecule has 0 aliphatic carbocycles. The number of carbonyl (C=O) groups is 2. The highest BCUT2D eigenvalue weighted by Gasteiger charge is 2.28. The molecule has 0 saturated heterocycles. The molecule has 1 rings (SSSR count). The zero-order chi connectivity index (χ0) is 15.0. The summed E-state index contributed by atoms with van der Waals surface area (Å²) in [4.78, 5) is 22.3. The number of nitrogens with one attached hydrogen (secondary N) is 1. The average Bonchev–Trinajstić information content (AvgIpc) is 2.46. The van der Waals surface area contributed by atoms with Crippen molar-refractivity contribution in [1.29, 1.82) is 1.43 Å². The molecular formula is C12H14FNO5. The van der Waals surface area contributed by atoms with Gasteiger partial charge in [0.05, 0.1) is 0 Å². The van der Waals surface area contributed by atoms with Crippen LogP contribution in [0.3, 0.4) is 0 Å². The Labute approximate surface area is 110 Å². The van der Waals surface area contributed by atoms with Crippen LogP contribution in [0.15, 0.2) is 30.3 Å². The number of rotatable bonds is 7. The summed E-state index contributed by atoms with van der Waals surface area (Å²) < 4.78 is 23.8. The lowest BCUT2D eigenvalue weighted by atomic mass is 10.2. The van der Waals surface area contributed by atoms with Crippen LogP contribution < -0.4 is 5.32 Å². The van der Waals surface area contributed by atoms with Crippen LogP contribution in [0, 0.1) is 0 Å². The number of carbonyl (C=O) groups excluding carboxylic acids is 1. The molecule has 0 unspecified atom stereocenters. The standard InChI is InChI=1S/C12H14FNO5/c13-6-9(15)10(11(16)17)14-12(18)19-7-8-4-2-1-3-5-8/h1-5,9-10,15H,6-7H2,(H,14,18)(H,16,17)/t9-,10+/m1/s1/i15T. The lowest BCUT2D eigenvalue weighted by Gasteiger charge is -2.17. The molecule has 3 N–H and O–H groups in total. The number of ether oxygens (including phenoxy) is 1. The molecule has 0 radical (unpaired) electrons. The predicted octanol–water partition coefficient (Wildman–Crippen LogP) is 0.696. The third-order valence-electron chi connectivity index (χ3n) is 2.28. The molecule has 7 heteroatoms. The number of alkyl carbamates (subject to hydrolysis) is 1. The summed E-state index contributed by atoms with van der Waals surface area (Å²) in [6.07, 6.45) is -2.63. The number of hydrogen-bond acceptors (Lipinski definition) is 4. The second kappa shape index (κ2) is 7.32. The minimum absolute atomic E-state index is 0.0545. The van der Waals surface area contributed by atoms with E-state index < -0.39 is 30.9 Å². The summed E-state index contributed by atoms with van der Waals surface area (Å²) in [5.74, 6) is -1.52. The van der Waals surface area contributed by atoms with E-state index >= 15 is 0 Å². The molecule has 2 atom stereocenters. The highest BCUT2D eigenvalue weighted by atomic mass is 19.1. The van der Waals surface area contributed by atoms with Crippen LogP contribution in [0.2, 0.25) is 0 Å². The van der Waals surface area contributed by atoms with Crippen LogP contribution in [0.5, 0.6) is 0 Å². The van der Waals surface area contributed by atoms with E-state index in [-0.39, 0.29) is 6.61 Å².